The third-order valence-electron chi connectivity index (χ3n) is 3.67. The van der Waals surface area contributed by atoms with Gasteiger partial charge in [-0.3, -0.25) is 14.5 Å². The van der Waals surface area contributed by atoms with E-state index in [1.165, 1.54) is 11.8 Å². The highest BCUT2D eigenvalue weighted by Crippen LogP contribution is 2.24. The lowest BCUT2D eigenvalue weighted by atomic mass is 10.2. The number of likely N-dealkylation sites (tertiary alicyclic amines) is 1. The zero-order chi connectivity index (χ0) is 13.8. The molecule has 0 aliphatic carbocycles. The maximum Gasteiger partial charge on any atom is 0.223 e. The van der Waals surface area contributed by atoms with E-state index in [0.29, 0.717) is 19.0 Å². The molecular weight excluding hydrogens is 264 g/mol. The van der Waals surface area contributed by atoms with E-state index in [9.17, 15) is 9.59 Å². The van der Waals surface area contributed by atoms with Gasteiger partial charge in [0, 0.05) is 50.8 Å². The number of ether oxygens (including phenoxy) is 1. The summed E-state index contributed by atoms with van der Waals surface area (Å²) >= 11 is 1.30. The highest BCUT2D eigenvalue weighted by molar-refractivity contribution is 8.14. The molecule has 2 aliphatic rings. The molecule has 0 bridgehead atoms. The van der Waals surface area contributed by atoms with Crippen molar-refractivity contribution in [3.05, 3.63) is 0 Å². The third-order valence-corrected chi connectivity index (χ3v) is 4.65. The summed E-state index contributed by atoms with van der Waals surface area (Å²) in [6.45, 7) is 8.62. The van der Waals surface area contributed by atoms with Crippen LogP contribution >= 0.6 is 11.8 Å². The molecule has 0 radical (unpaired) electrons. The summed E-state index contributed by atoms with van der Waals surface area (Å²) in [5.74, 6) is 0.179. The molecule has 2 unspecified atom stereocenters. The number of amides is 1. The Balaban J connectivity index is 1.81. The second-order valence-corrected chi connectivity index (χ2v) is 6.71. The van der Waals surface area contributed by atoms with Crippen LogP contribution in [0.3, 0.4) is 0 Å². The number of carbonyl (C=O) groups excluding carboxylic acids is 2. The molecule has 2 atom stereocenters. The average molecular weight is 286 g/mol. The number of thioether (sulfide) groups is 1. The van der Waals surface area contributed by atoms with Crippen LogP contribution in [0.4, 0.5) is 0 Å². The lowest BCUT2D eigenvalue weighted by Crippen LogP contribution is -2.47. The minimum Gasteiger partial charge on any atom is -0.379 e. The maximum absolute atomic E-state index is 11.9. The summed E-state index contributed by atoms with van der Waals surface area (Å²) in [7, 11) is 0. The molecule has 6 heteroatoms. The van der Waals surface area contributed by atoms with Crippen LogP contribution in [0, 0.1) is 0 Å². The second kappa shape index (κ2) is 6.72. The standard InChI is InChI=1S/C13H22N2O3S/c1-10(14-3-5-18-6-4-14)8-15-9-12(7-13(15)17)19-11(2)16/h10,12H,3-9H2,1-2H3. The summed E-state index contributed by atoms with van der Waals surface area (Å²) < 4.78 is 5.34. The van der Waals surface area contributed by atoms with Crippen molar-refractivity contribution in [1.29, 1.82) is 0 Å². The van der Waals surface area contributed by atoms with Crippen molar-refractivity contribution in [1.82, 2.24) is 9.80 Å². The highest BCUT2D eigenvalue weighted by atomic mass is 32.2. The second-order valence-electron chi connectivity index (χ2n) is 5.23. The minimum atomic E-state index is 0.0980. The Labute approximate surface area is 118 Å². The Morgan fingerprint density at radius 3 is 2.79 bits per heavy atom. The van der Waals surface area contributed by atoms with Crippen molar-refractivity contribution in [2.75, 3.05) is 39.4 Å². The van der Waals surface area contributed by atoms with E-state index in [2.05, 4.69) is 11.8 Å². The van der Waals surface area contributed by atoms with Crippen LogP contribution in [-0.4, -0.2) is 71.5 Å². The first-order valence-electron chi connectivity index (χ1n) is 6.83. The van der Waals surface area contributed by atoms with Gasteiger partial charge in [-0.25, -0.2) is 0 Å². The lowest BCUT2D eigenvalue weighted by Gasteiger charge is -2.34. The molecule has 0 spiro atoms. The molecule has 0 aromatic heterocycles. The summed E-state index contributed by atoms with van der Waals surface area (Å²) in [6, 6.07) is 0.355. The molecule has 5 nitrogen and oxygen atoms in total. The van der Waals surface area contributed by atoms with Crippen molar-refractivity contribution < 1.29 is 14.3 Å². The molecule has 0 aromatic carbocycles. The SMILES string of the molecule is CC(=O)SC1CC(=O)N(CC(C)N2CCOCC2)C1. The normalized spacial score (nSPS) is 26.7. The summed E-state index contributed by atoms with van der Waals surface area (Å²) in [6.07, 6.45) is 0.500. The molecule has 19 heavy (non-hydrogen) atoms. The average Bonchev–Trinajstić information content (AvgIpc) is 2.69. The van der Waals surface area contributed by atoms with Gasteiger partial charge in [-0.15, -0.1) is 0 Å². The number of rotatable bonds is 4. The van der Waals surface area contributed by atoms with Gasteiger partial charge in [-0.1, -0.05) is 11.8 Å². The van der Waals surface area contributed by atoms with Gasteiger partial charge in [0.25, 0.3) is 0 Å². The zero-order valence-electron chi connectivity index (χ0n) is 11.6. The van der Waals surface area contributed by atoms with Crippen molar-refractivity contribution in [2.24, 2.45) is 0 Å². The quantitative estimate of drug-likeness (QED) is 0.757. The topological polar surface area (TPSA) is 49.9 Å². The first kappa shape index (κ1) is 14.8. The first-order valence-corrected chi connectivity index (χ1v) is 7.71. The molecule has 2 saturated heterocycles. The van der Waals surface area contributed by atoms with Crippen LogP contribution in [-0.2, 0) is 14.3 Å². The van der Waals surface area contributed by atoms with E-state index in [1.807, 2.05) is 4.90 Å². The Bertz CT molecular complexity index is 345. The first-order chi connectivity index (χ1) is 9.06. The van der Waals surface area contributed by atoms with Crippen molar-refractivity contribution in [2.45, 2.75) is 31.6 Å². The largest absolute Gasteiger partial charge is 0.379 e. The van der Waals surface area contributed by atoms with Gasteiger partial charge in [0.05, 0.1) is 13.2 Å². The van der Waals surface area contributed by atoms with Crippen molar-refractivity contribution in [3.63, 3.8) is 0 Å². The van der Waals surface area contributed by atoms with E-state index in [1.54, 1.807) is 6.92 Å². The molecule has 0 saturated carbocycles. The summed E-state index contributed by atoms with van der Waals surface area (Å²) in [5.41, 5.74) is 0. The Hall–Kier alpha value is -0.590. The van der Waals surface area contributed by atoms with E-state index in [4.69, 9.17) is 4.74 Å². The van der Waals surface area contributed by atoms with Crippen LogP contribution < -0.4 is 0 Å². The third kappa shape index (κ3) is 4.19. The molecule has 0 N–H and O–H groups in total. The van der Waals surface area contributed by atoms with Gasteiger partial charge in [0.15, 0.2) is 5.12 Å². The van der Waals surface area contributed by atoms with E-state index < -0.39 is 0 Å². The number of nitrogens with zero attached hydrogens (tertiary/aromatic N) is 2. The number of morpholine rings is 1. The maximum atomic E-state index is 11.9. The van der Waals surface area contributed by atoms with Gasteiger partial charge in [-0.2, -0.15) is 0 Å². The fraction of sp³-hybridized carbons (Fsp3) is 0.846. The zero-order valence-corrected chi connectivity index (χ0v) is 12.4. The molecular formula is C13H22N2O3S. The van der Waals surface area contributed by atoms with E-state index in [0.717, 1.165) is 32.8 Å². The fourth-order valence-corrected chi connectivity index (χ4v) is 3.63. The molecule has 2 rings (SSSR count). The fourth-order valence-electron chi connectivity index (χ4n) is 2.68. The molecule has 0 aromatic rings. The number of hydrogen-bond donors (Lipinski definition) is 0. The Kier molecular flexibility index (Phi) is 5.24. The lowest BCUT2D eigenvalue weighted by molar-refractivity contribution is -0.128. The van der Waals surface area contributed by atoms with Gasteiger partial charge in [-0.05, 0) is 6.92 Å². The van der Waals surface area contributed by atoms with Crippen molar-refractivity contribution in [3.8, 4) is 0 Å². The summed E-state index contributed by atoms with van der Waals surface area (Å²) in [5, 5.41) is 0.239. The molecule has 1 amide bonds. The van der Waals surface area contributed by atoms with Crippen LogP contribution in [0.2, 0.25) is 0 Å². The van der Waals surface area contributed by atoms with Gasteiger partial charge >= 0.3 is 0 Å². The Morgan fingerprint density at radius 1 is 1.47 bits per heavy atom. The number of hydrogen-bond acceptors (Lipinski definition) is 5. The predicted octanol–water partition coefficient (Wildman–Crippen LogP) is 0.588. The molecule has 2 fully saturated rings. The molecule has 108 valence electrons. The van der Waals surface area contributed by atoms with Crippen LogP contribution in [0.25, 0.3) is 0 Å². The predicted molar refractivity (Wildman–Crippen MR) is 75.1 cm³/mol. The van der Waals surface area contributed by atoms with Crippen LogP contribution in [0.5, 0.6) is 0 Å². The molecule has 2 heterocycles. The van der Waals surface area contributed by atoms with Crippen LogP contribution in [0.1, 0.15) is 20.3 Å². The smallest absolute Gasteiger partial charge is 0.223 e. The van der Waals surface area contributed by atoms with Crippen LogP contribution in [0.15, 0.2) is 0 Å². The molecule has 2 aliphatic heterocycles. The number of carbonyl (C=O) groups is 2. The van der Waals surface area contributed by atoms with Crippen molar-refractivity contribution >= 4 is 22.8 Å². The van der Waals surface area contributed by atoms with E-state index >= 15 is 0 Å². The monoisotopic (exact) mass is 286 g/mol. The van der Waals surface area contributed by atoms with Gasteiger partial charge in [0.1, 0.15) is 0 Å². The highest BCUT2D eigenvalue weighted by Gasteiger charge is 2.32. The van der Waals surface area contributed by atoms with Gasteiger partial charge < -0.3 is 9.64 Å². The van der Waals surface area contributed by atoms with Gasteiger partial charge in [0.2, 0.25) is 5.91 Å². The minimum absolute atomic E-state index is 0.0980. The summed E-state index contributed by atoms with van der Waals surface area (Å²) in [4.78, 5) is 27.3. The van der Waals surface area contributed by atoms with E-state index in [-0.39, 0.29) is 16.3 Å². The Morgan fingerprint density at radius 2 is 2.16 bits per heavy atom.